The van der Waals surface area contributed by atoms with E-state index in [0.29, 0.717) is 19.3 Å². The van der Waals surface area contributed by atoms with E-state index in [1.54, 1.807) is 0 Å². The van der Waals surface area contributed by atoms with Crippen LogP contribution in [-0.4, -0.2) is 64.9 Å². The summed E-state index contributed by atoms with van der Waals surface area (Å²) in [4.78, 5) is 46.0. The number of phosphoric ester groups is 1. The second kappa shape index (κ2) is 44.3. The number of carbonyl (C=O) groups excluding carboxylic acids is 2. The summed E-state index contributed by atoms with van der Waals surface area (Å²) in [6.45, 7) is 2.42. The Morgan fingerprint density at radius 3 is 1.44 bits per heavy atom. The Hall–Kier alpha value is -3.34. The molecule has 0 aromatic rings. The molecule has 0 aromatic carbocycles. The van der Waals surface area contributed by atoms with Crippen LogP contribution in [0, 0.1) is 0 Å². The van der Waals surface area contributed by atoms with E-state index in [2.05, 4.69) is 86.0 Å². The molecule has 0 aromatic heterocycles. The van der Waals surface area contributed by atoms with Gasteiger partial charge in [0.2, 0.25) is 5.91 Å². The highest BCUT2D eigenvalue weighted by Gasteiger charge is 2.28. The van der Waals surface area contributed by atoms with Crippen molar-refractivity contribution in [3.8, 4) is 0 Å². The van der Waals surface area contributed by atoms with Crippen LogP contribution in [0.15, 0.2) is 85.1 Å². The molecule has 0 saturated heterocycles. The van der Waals surface area contributed by atoms with Gasteiger partial charge in [0.1, 0.15) is 12.7 Å². The predicted octanol–water partition coefficient (Wildman–Crippen LogP) is 12.7. The largest absolute Gasteiger partial charge is 0.480 e. The maximum Gasteiger partial charge on any atom is 0.472 e. The maximum atomic E-state index is 12.3. The average molecular weight is 890 g/mol. The van der Waals surface area contributed by atoms with Gasteiger partial charge in [-0.05, 0) is 77.0 Å². The second-order valence-electron chi connectivity index (χ2n) is 15.6. The van der Waals surface area contributed by atoms with Crippen LogP contribution in [-0.2, 0) is 32.7 Å². The molecule has 11 nitrogen and oxygen atoms in total. The van der Waals surface area contributed by atoms with Gasteiger partial charge in [0.25, 0.3) is 0 Å². The van der Waals surface area contributed by atoms with Crippen LogP contribution in [0.25, 0.3) is 0 Å². The number of aliphatic hydroxyl groups excluding tert-OH is 1. The third-order valence-corrected chi connectivity index (χ3v) is 10.6. The lowest BCUT2D eigenvalue weighted by Crippen LogP contribution is -2.43. The number of carbonyl (C=O) groups is 3. The highest BCUT2D eigenvalue weighted by molar-refractivity contribution is 7.47. The minimum atomic E-state index is -4.78. The van der Waals surface area contributed by atoms with Crippen molar-refractivity contribution in [1.29, 1.82) is 0 Å². The van der Waals surface area contributed by atoms with Crippen molar-refractivity contribution in [2.24, 2.45) is 0 Å². The quantitative estimate of drug-likeness (QED) is 0.0200. The van der Waals surface area contributed by atoms with Crippen molar-refractivity contribution < 1.29 is 47.8 Å². The summed E-state index contributed by atoms with van der Waals surface area (Å²) in [6.07, 6.45) is 54.8. The molecule has 1 amide bonds. The number of hydrogen-bond donors (Lipinski definition) is 4. The number of ether oxygens (including phenoxy) is 1. The van der Waals surface area contributed by atoms with Gasteiger partial charge in [-0.2, -0.15) is 0 Å². The van der Waals surface area contributed by atoms with Gasteiger partial charge in [-0.1, -0.05) is 176 Å². The second-order valence-corrected chi connectivity index (χ2v) is 17.0. The van der Waals surface area contributed by atoms with E-state index in [9.17, 15) is 34.1 Å². The Balaban J connectivity index is 3.97. The molecule has 0 aliphatic heterocycles. The minimum Gasteiger partial charge on any atom is -0.480 e. The first kappa shape index (κ1) is 58.7. The summed E-state index contributed by atoms with van der Waals surface area (Å²) < 4.78 is 26.9. The lowest BCUT2D eigenvalue weighted by atomic mass is 10.1. The molecule has 0 spiro atoms. The normalized spacial score (nSPS) is 14.4. The van der Waals surface area contributed by atoms with E-state index in [1.165, 1.54) is 83.5 Å². The first-order valence-electron chi connectivity index (χ1n) is 23.6. The number of aliphatic hydroxyl groups is 1. The van der Waals surface area contributed by atoms with Gasteiger partial charge in [-0.15, -0.1) is 0 Å². The molecular formula is C50H84NO10P. The molecule has 0 saturated carbocycles. The molecular weight excluding hydrogens is 806 g/mol. The van der Waals surface area contributed by atoms with E-state index in [0.717, 1.165) is 51.4 Å². The molecule has 3 atom stereocenters. The van der Waals surface area contributed by atoms with E-state index < -0.39 is 57.6 Å². The molecule has 0 radical (unpaired) electrons. The molecule has 0 fully saturated rings. The van der Waals surface area contributed by atoms with Crippen LogP contribution in [0.5, 0.6) is 0 Å². The van der Waals surface area contributed by atoms with Gasteiger partial charge < -0.3 is 25.2 Å². The summed E-state index contributed by atoms with van der Waals surface area (Å²) in [5, 5.41) is 21.8. The molecule has 0 rings (SSSR count). The van der Waals surface area contributed by atoms with E-state index in [1.807, 2.05) is 18.2 Å². The summed E-state index contributed by atoms with van der Waals surface area (Å²) in [5.74, 6) is -2.50. The molecule has 0 aliphatic rings. The van der Waals surface area contributed by atoms with Crippen molar-refractivity contribution in [2.45, 2.75) is 193 Å². The van der Waals surface area contributed by atoms with Gasteiger partial charge in [0.15, 0.2) is 6.04 Å². The van der Waals surface area contributed by atoms with Crippen molar-refractivity contribution >= 4 is 25.7 Å². The summed E-state index contributed by atoms with van der Waals surface area (Å²) in [6, 6.07) is -1.59. The number of hydrogen-bond acceptors (Lipinski definition) is 8. The SMILES string of the molecule is CC/C=C\C/C=C\C/C=C\C/C=C\C/C=C\C/C=C\CCC(=O)NC(COP(=O)(O)OCC(O)COC(=O)CCCCCCCCCCC/C=C/CCCCCCCC)C(=O)O. The minimum absolute atomic E-state index is 0.0160. The number of esters is 1. The van der Waals surface area contributed by atoms with Crippen LogP contribution in [0.1, 0.15) is 181 Å². The van der Waals surface area contributed by atoms with Gasteiger partial charge in [-0.25, -0.2) is 9.36 Å². The molecule has 12 heteroatoms. The molecule has 0 aliphatic carbocycles. The van der Waals surface area contributed by atoms with E-state index in [-0.39, 0.29) is 12.8 Å². The number of aliphatic carboxylic acids is 1. The average Bonchev–Trinajstić information content (AvgIpc) is 3.25. The Kier molecular flexibility index (Phi) is 41.9. The fourth-order valence-electron chi connectivity index (χ4n) is 6.04. The van der Waals surface area contributed by atoms with E-state index >= 15 is 0 Å². The summed E-state index contributed by atoms with van der Waals surface area (Å²) in [5.41, 5.74) is 0. The Labute approximate surface area is 375 Å². The number of amides is 1. The smallest absolute Gasteiger partial charge is 0.472 e. The van der Waals surface area contributed by atoms with Gasteiger partial charge in [0.05, 0.1) is 13.2 Å². The third kappa shape index (κ3) is 43.3. The fourth-order valence-corrected chi connectivity index (χ4v) is 6.81. The van der Waals surface area contributed by atoms with Crippen molar-refractivity contribution in [1.82, 2.24) is 5.32 Å². The summed E-state index contributed by atoms with van der Waals surface area (Å²) >= 11 is 0. The number of phosphoric acid groups is 1. The highest BCUT2D eigenvalue weighted by atomic mass is 31.2. The highest BCUT2D eigenvalue weighted by Crippen LogP contribution is 2.43. The van der Waals surface area contributed by atoms with Crippen LogP contribution >= 0.6 is 7.82 Å². The number of carboxylic acids is 1. The molecule has 0 heterocycles. The third-order valence-electron chi connectivity index (χ3n) is 9.68. The van der Waals surface area contributed by atoms with Crippen molar-refractivity contribution in [3.63, 3.8) is 0 Å². The number of rotatable bonds is 43. The zero-order chi connectivity index (χ0) is 45.6. The van der Waals surface area contributed by atoms with Crippen LogP contribution in [0.3, 0.4) is 0 Å². The zero-order valence-corrected chi connectivity index (χ0v) is 39.3. The molecule has 354 valence electrons. The lowest BCUT2D eigenvalue weighted by molar-refractivity contribution is -0.147. The van der Waals surface area contributed by atoms with Crippen LogP contribution < -0.4 is 5.32 Å². The molecule has 0 bridgehead atoms. The van der Waals surface area contributed by atoms with Gasteiger partial charge in [0, 0.05) is 12.8 Å². The van der Waals surface area contributed by atoms with Crippen molar-refractivity contribution in [3.05, 3.63) is 85.1 Å². The molecule has 3 unspecified atom stereocenters. The number of nitrogens with one attached hydrogen (secondary N) is 1. The number of carboxylic acid groups (broad SMARTS) is 1. The Morgan fingerprint density at radius 1 is 0.532 bits per heavy atom. The number of unbranched alkanes of at least 4 members (excludes halogenated alkanes) is 15. The van der Waals surface area contributed by atoms with Crippen LogP contribution in [0.2, 0.25) is 0 Å². The first-order chi connectivity index (χ1) is 30.1. The zero-order valence-electron chi connectivity index (χ0n) is 38.4. The van der Waals surface area contributed by atoms with Crippen LogP contribution in [0.4, 0.5) is 0 Å². The fraction of sp³-hybridized carbons (Fsp3) is 0.660. The number of allylic oxidation sites excluding steroid dienone is 14. The Bertz CT molecular complexity index is 1370. The van der Waals surface area contributed by atoms with E-state index in [4.69, 9.17) is 13.8 Å². The first-order valence-corrected chi connectivity index (χ1v) is 25.1. The topological polar surface area (TPSA) is 169 Å². The van der Waals surface area contributed by atoms with Gasteiger partial charge >= 0.3 is 19.8 Å². The predicted molar refractivity (Wildman–Crippen MR) is 254 cm³/mol. The summed E-state index contributed by atoms with van der Waals surface area (Å²) in [7, 11) is -4.78. The molecule has 4 N–H and O–H groups in total. The standard InChI is InChI=1S/C50H84NO10P/c1-3-5-7-9-11-13-15-17-19-21-23-25-27-29-31-33-35-37-39-41-48(53)51-47(50(55)56)45-61-62(57,58)60-44-46(52)43-59-49(54)42-40-38-36-34-32-30-28-26-24-22-20-18-16-14-12-10-8-6-4-2/h5,7,11,13,17-20,23,25,29,31,35,37,46-47,52H,3-4,6,8-10,12,14-16,21-22,24,26-28,30,32-34,36,38-45H2,1-2H3,(H,51,53)(H,55,56)(H,57,58)/b7-5-,13-11-,19-17-,20-18+,25-23-,31-29-,37-35-. The molecule has 62 heavy (non-hydrogen) atoms. The monoisotopic (exact) mass is 890 g/mol. The lowest BCUT2D eigenvalue weighted by Gasteiger charge is -2.18. The Morgan fingerprint density at radius 2 is 0.952 bits per heavy atom. The van der Waals surface area contributed by atoms with Crippen molar-refractivity contribution in [2.75, 3.05) is 19.8 Å². The van der Waals surface area contributed by atoms with Gasteiger partial charge in [-0.3, -0.25) is 18.6 Å². The maximum absolute atomic E-state index is 12.3.